The van der Waals surface area contributed by atoms with Crippen LogP contribution in [0, 0.1) is 16.7 Å². The molecule has 102 valence electrons. The first kappa shape index (κ1) is 14.1. The molecule has 0 aliphatic heterocycles. The van der Waals surface area contributed by atoms with Crippen LogP contribution in [0.3, 0.4) is 0 Å². The Balaban J connectivity index is 2.37. The monoisotopic (exact) mass is 314 g/mol. The second kappa shape index (κ2) is 4.07. The Morgan fingerprint density at radius 3 is 2.17 bits per heavy atom. The Labute approximate surface area is 118 Å². The quantitative estimate of drug-likeness (QED) is 0.917. The molecule has 3 nitrogen and oxygen atoms in total. The van der Waals surface area contributed by atoms with Gasteiger partial charge in [0.1, 0.15) is 6.10 Å². The lowest BCUT2D eigenvalue weighted by molar-refractivity contribution is 0.118. The first-order chi connectivity index (χ1) is 8.12. The maximum Gasteiger partial charge on any atom is 0.101 e. The van der Waals surface area contributed by atoms with E-state index in [2.05, 4.69) is 62.6 Å². The first-order valence-corrected chi connectivity index (χ1v) is 7.32. The average Bonchev–Trinajstić information content (AvgIpc) is 2.56. The van der Waals surface area contributed by atoms with Crippen LogP contribution < -0.4 is 0 Å². The van der Waals surface area contributed by atoms with Crippen molar-refractivity contribution in [2.45, 2.75) is 53.7 Å². The lowest BCUT2D eigenvalue weighted by Gasteiger charge is -2.18. The highest BCUT2D eigenvalue weighted by Crippen LogP contribution is 2.72. The van der Waals surface area contributed by atoms with Crippen LogP contribution in [-0.2, 0) is 0 Å². The van der Waals surface area contributed by atoms with E-state index in [4.69, 9.17) is 0 Å². The number of nitrogens with zero attached hydrogens (tertiary/aromatic N) is 2. The second-order valence-electron chi connectivity index (χ2n) is 6.78. The Morgan fingerprint density at radius 2 is 1.78 bits per heavy atom. The summed E-state index contributed by atoms with van der Waals surface area (Å²) in [4.78, 5) is 0. The standard InChI is InChI=1S/C14H23BrN2O/c1-8(2)17-10(9(15)7-16-17)11(18)12-13(3,4)14(12,5)6/h7-8,11-12,18H,1-6H3. The van der Waals surface area contributed by atoms with Crippen molar-refractivity contribution in [1.82, 2.24) is 9.78 Å². The van der Waals surface area contributed by atoms with Crippen molar-refractivity contribution in [2.24, 2.45) is 16.7 Å². The van der Waals surface area contributed by atoms with Crippen LogP contribution in [0.15, 0.2) is 10.7 Å². The number of hydrogen-bond acceptors (Lipinski definition) is 2. The molecule has 0 bridgehead atoms. The van der Waals surface area contributed by atoms with Gasteiger partial charge in [-0.15, -0.1) is 0 Å². The van der Waals surface area contributed by atoms with Gasteiger partial charge < -0.3 is 5.11 Å². The third-order valence-corrected chi connectivity index (χ3v) is 5.62. The Morgan fingerprint density at radius 1 is 1.28 bits per heavy atom. The maximum atomic E-state index is 10.7. The van der Waals surface area contributed by atoms with Crippen molar-refractivity contribution >= 4 is 15.9 Å². The van der Waals surface area contributed by atoms with Gasteiger partial charge in [-0.05, 0) is 40.6 Å². The van der Waals surface area contributed by atoms with Crippen LogP contribution in [-0.4, -0.2) is 14.9 Å². The Bertz CT molecular complexity index is 448. The van der Waals surface area contributed by atoms with E-state index < -0.39 is 6.10 Å². The number of aromatic nitrogens is 2. The lowest BCUT2D eigenvalue weighted by Crippen LogP contribution is -2.15. The van der Waals surface area contributed by atoms with Crippen molar-refractivity contribution < 1.29 is 5.11 Å². The molecule has 1 saturated carbocycles. The molecule has 1 aliphatic rings. The molecule has 1 heterocycles. The van der Waals surface area contributed by atoms with E-state index in [1.54, 1.807) is 6.20 Å². The SMILES string of the molecule is CC(C)n1ncc(Br)c1C(O)C1C(C)(C)C1(C)C. The van der Waals surface area contributed by atoms with E-state index in [1.807, 2.05) is 4.68 Å². The van der Waals surface area contributed by atoms with E-state index in [-0.39, 0.29) is 22.8 Å². The minimum absolute atomic E-state index is 0.165. The maximum absolute atomic E-state index is 10.7. The Kier molecular flexibility index (Phi) is 3.18. The number of hydrogen-bond donors (Lipinski definition) is 1. The van der Waals surface area contributed by atoms with Gasteiger partial charge in [-0.25, -0.2) is 0 Å². The van der Waals surface area contributed by atoms with Gasteiger partial charge in [0, 0.05) is 12.0 Å². The average molecular weight is 315 g/mol. The number of aliphatic hydroxyl groups excluding tert-OH is 1. The molecule has 1 unspecified atom stereocenters. The minimum atomic E-state index is -0.464. The third kappa shape index (κ3) is 1.76. The molecule has 0 saturated heterocycles. The summed E-state index contributed by atoms with van der Waals surface area (Å²) >= 11 is 3.51. The number of rotatable bonds is 3. The van der Waals surface area contributed by atoms with Gasteiger partial charge in [-0.1, -0.05) is 27.7 Å². The van der Waals surface area contributed by atoms with E-state index in [9.17, 15) is 5.11 Å². The summed E-state index contributed by atoms with van der Waals surface area (Å²) < 4.78 is 2.82. The highest BCUT2D eigenvalue weighted by molar-refractivity contribution is 9.10. The molecule has 1 aliphatic carbocycles. The van der Waals surface area contributed by atoms with Gasteiger partial charge in [0.05, 0.1) is 16.4 Å². The molecule has 0 spiro atoms. The molecule has 0 aromatic carbocycles. The van der Waals surface area contributed by atoms with Crippen LogP contribution in [0.1, 0.15) is 59.4 Å². The normalized spacial score (nSPS) is 23.4. The zero-order chi connectivity index (χ0) is 13.9. The van der Waals surface area contributed by atoms with Gasteiger partial charge in [0.25, 0.3) is 0 Å². The van der Waals surface area contributed by atoms with Crippen molar-refractivity contribution in [3.05, 3.63) is 16.4 Å². The summed E-state index contributed by atoms with van der Waals surface area (Å²) in [5, 5.41) is 15.1. The second-order valence-corrected chi connectivity index (χ2v) is 7.64. The van der Waals surface area contributed by atoms with Crippen molar-refractivity contribution in [3.8, 4) is 0 Å². The molecule has 1 atom stereocenters. The van der Waals surface area contributed by atoms with Crippen LogP contribution in [0.5, 0.6) is 0 Å². The largest absolute Gasteiger partial charge is 0.386 e. The number of aliphatic hydroxyl groups is 1. The van der Waals surface area contributed by atoms with Gasteiger partial charge in [0.15, 0.2) is 0 Å². The molecule has 1 fully saturated rings. The summed E-state index contributed by atoms with van der Waals surface area (Å²) in [6.45, 7) is 13.1. The van der Waals surface area contributed by atoms with E-state index in [0.717, 1.165) is 10.2 Å². The topological polar surface area (TPSA) is 38.0 Å². The van der Waals surface area contributed by atoms with E-state index >= 15 is 0 Å². The fourth-order valence-electron chi connectivity index (χ4n) is 3.23. The highest BCUT2D eigenvalue weighted by Gasteiger charge is 2.67. The smallest absolute Gasteiger partial charge is 0.101 e. The van der Waals surface area contributed by atoms with Crippen LogP contribution >= 0.6 is 15.9 Å². The van der Waals surface area contributed by atoms with Gasteiger partial charge in [-0.3, -0.25) is 4.68 Å². The van der Waals surface area contributed by atoms with Crippen molar-refractivity contribution in [1.29, 1.82) is 0 Å². The van der Waals surface area contributed by atoms with Crippen LogP contribution in [0.25, 0.3) is 0 Å². The molecule has 0 amide bonds. The van der Waals surface area contributed by atoms with Gasteiger partial charge >= 0.3 is 0 Å². The molecule has 0 radical (unpaired) electrons. The zero-order valence-corrected chi connectivity index (χ0v) is 13.6. The van der Waals surface area contributed by atoms with Gasteiger partial charge in [-0.2, -0.15) is 5.10 Å². The van der Waals surface area contributed by atoms with Crippen molar-refractivity contribution in [3.63, 3.8) is 0 Å². The molecule has 18 heavy (non-hydrogen) atoms. The van der Waals surface area contributed by atoms with Crippen LogP contribution in [0.2, 0.25) is 0 Å². The minimum Gasteiger partial charge on any atom is -0.386 e. The fourth-order valence-corrected chi connectivity index (χ4v) is 3.74. The Hall–Kier alpha value is -0.350. The molecular formula is C14H23BrN2O. The van der Waals surface area contributed by atoms with Crippen molar-refractivity contribution in [2.75, 3.05) is 0 Å². The third-order valence-electron chi connectivity index (χ3n) is 5.00. The zero-order valence-electron chi connectivity index (χ0n) is 12.0. The molecule has 1 N–H and O–H groups in total. The van der Waals surface area contributed by atoms with Gasteiger partial charge in [0.2, 0.25) is 0 Å². The summed E-state index contributed by atoms with van der Waals surface area (Å²) in [5.41, 5.74) is 1.24. The van der Waals surface area contributed by atoms with Crippen LogP contribution in [0.4, 0.5) is 0 Å². The first-order valence-electron chi connectivity index (χ1n) is 6.53. The summed E-state index contributed by atoms with van der Waals surface area (Å²) in [6.07, 6.45) is 1.32. The summed E-state index contributed by atoms with van der Waals surface area (Å²) in [7, 11) is 0. The van der Waals surface area contributed by atoms with E-state index in [0.29, 0.717) is 0 Å². The molecule has 2 rings (SSSR count). The molecular weight excluding hydrogens is 292 g/mol. The number of halogens is 1. The lowest BCUT2D eigenvalue weighted by atomic mass is 10.0. The molecule has 4 heteroatoms. The summed E-state index contributed by atoms with van der Waals surface area (Å²) in [6, 6.07) is 0.255. The molecule has 1 aromatic rings. The summed E-state index contributed by atoms with van der Waals surface area (Å²) in [5.74, 6) is 0.274. The molecule has 1 aromatic heterocycles. The highest BCUT2D eigenvalue weighted by atomic mass is 79.9. The van der Waals surface area contributed by atoms with E-state index in [1.165, 1.54) is 0 Å². The predicted molar refractivity (Wildman–Crippen MR) is 76.3 cm³/mol. The fraction of sp³-hybridized carbons (Fsp3) is 0.786. The predicted octanol–water partition coefficient (Wildman–Crippen LogP) is 3.94.